The van der Waals surface area contributed by atoms with E-state index >= 15 is 0 Å². The Morgan fingerprint density at radius 3 is 2.11 bits per heavy atom. The summed E-state index contributed by atoms with van der Waals surface area (Å²) in [6, 6.07) is 6.62. The molecule has 0 aliphatic heterocycles. The van der Waals surface area contributed by atoms with Gasteiger partial charge in [-0.05, 0) is 17.7 Å². The molecule has 0 amide bonds. The molecule has 7 heteroatoms. The molecule has 1 aromatic carbocycles. The Balaban J connectivity index is 2.82. The predicted octanol–water partition coefficient (Wildman–Crippen LogP) is 0.711. The van der Waals surface area contributed by atoms with Gasteiger partial charge in [-0.15, -0.1) is 0 Å². The second-order valence-corrected chi connectivity index (χ2v) is 6.48. The van der Waals surface area contributed by atoms with E-state index in [2.05, 4.69) is 4.74 Å². The van der Waals surface area contributed by atoms with E-state index in [1.165, 1.54) is 32.6 Å². The van der Waals surface area contributed by atoms with Crippen molar-refractivity contribution < 1.29 is 17.9 Å². The summed E-state index contributed by atoms with van der Waals surface area (Å²) in [5, 5.41) is 0. The summed E-state index contributed by atoms with van der Waals surface area (Å²) in [6.45, 7) is 0.238. The molecule has 0 radical (unpaired) electrons. The van der Waals surface area contributed by atoms with Gasteiger partial charge in [-0.3, -0.25) is 0 Å². The molecule has 1 rings (SSSR count). The molecule has 0 heterocycles. The first kappa shape index (κ1) is 15.6. The number of rotatable bonds is 5. The van der Waals surface area contributed by atoms with E-state index in [9.17, 15) is 13.2 Å². The first-order chi connectivity index (χ1) is 8.78. The minimum Gasteiger partial charge on any atom is -0.465 e. The Hall–Kier alpha value is -1.44. The fourth-order valence-corrected chi connectivity index (χ4v) is 2.35. The number of carbonyl (C=O) groups excluding carboxylic acids is 1. The van der Waals surface area contributed by atoms with Crippen LogP contribution in [-0.2, 0) is 21.5 Å². The van der Waals surface area contributed by atoms with Gasteiger partial charge in [0, 0.05) is 27.7 Å². The Morgan fingerprint density at radius 2 is 1.68 bits per heavy atom. The summed E-state index contributed by atoms with van der Waals surface area (Å²) in [4.78, 5) is 11.3. The van der Waals surface area contributed by atoms with E-state index in [0.29, 0.717) is 5.56 Å². The largest absolute Gasteiger partial charge is 0.465 e. The van der Waals surface area contributed by atoms with Crippen LogP contribution in [0.4, 0.5) is 0 Å². The third kappa shape index (κ3) is 3.76. The fourth-order valence-electron chi connectivity index (χ4n) is 1.48. The molecule has 0 aromatic heterocycles. The lowest BCUT2D eigenvalue weighted by Gasteiger charge is -2.21. The predicted molar refractivity (Wildman–Crippen MR) is 71.9 cm³/mol. The zero-order valence-corrected chi connectivity index (χ0v) is 12.3. The summed E-state index contributed by atoms with van der Waals surface area (Å²) in [7, 11) is 2.34. The molecule has 0 N–H and O–H groups in total. The highest BCUT2D eigenvalue weighted by Gasteiger charge is 2.20. The molecular formula is C12H18N2O4S. The monoisotopic (exact) mass is 286 g/mol. The van der Waals surface area contributed by atoms with Gasteiger partial charge in [0.25, 0.3) is 10.2 Å². The minimum atomic E-state index is -3.43. The van der Waals surface area contributed by atoms with Gasteiger partial charge in [-0.2, -0.15) is 17.0 Å². The minimum absolute atomic E-state index is 0.238. The first-order valence-electron chi connectivity index (χ1n) is 5.60. The lowest BCUT2D eigenvalue weighted by molar-refractivity contribution is 0.0600. The van der Waals surface area contributed by atoms with Gasteiger partial charge in [0.15, 0.2) is 0 Å². The average molecular weight is 286 g/mol. The number of hydrogen-bond donors (Lipinski definition) is 0. The van der Waals surface area contributed by atoms with Crippen LogP contribution in [0.3, 0.4) is 0 Å². The Labute approximate surface area is 113 Å². The van der Waals surface area contributed by atoms with Crippen molar-refractivity contribution in [3.05, 3.63) is 35.4 Å². The Kier molecular flexibility index (Phi) is 5.04. The molecule has 0 fully saturated rings. The zero-order chi connectivity index (χ0) is 14.6. The molecule has 1 aromatic rings. The van der Waals surface area contributed by atoms with Crippen LogP contribution in [0.15, 0.2) is 24.3 Å². The van der Waals surface area contributed by atoms with Gasteiger partial charge in [-0.1, -0.05) is 12.1 Å². The van der Waals surface area contributed by atoms with Crippen molar-refractivity contribution in [2.24, 2.45) is 0 Å². The summed E-state index contributed by atoms with van der Waals surface area (Å²) in [5.41, 5.74) is 1.23. The lowest BCUT2D eigenvalue weighted by atomic mass is 10.1. The van der Waals surface area contributed by atoms with Gasteiger partial charge in [-0.25, -0.2) is 4.79 Å². The highest BCUT2D eigenvalue weighted by Crippen LogP contribution is 2.11. The van der Waals surface area contributed by atoms with Crippen LogP contribution < -0.4 is 0 Å². The fraction of sp³-hybridized carbons (Fsp3) is 0.417. The van der Waals surface area contributed by atoms with E-state index in [0.717, 1.165) is 9.87 Å². The highest BCUT2D eigenvalue weighted by atomic mass is 32.2. The van der Waals surface area contributed by atoms with Crippen molar-refractivity contribution in [1.82, 2.24) is 8.61 Å². The standard InChI is InChI=1S/C12H18N2O4S/c1-13(2)19(16,17)14(3)9-10-5-7-11(8-6-10)12(15)18-4/h5-8H,9H2,1-4H3. The molecule has 6 nitrogen and oxygen atoms in total. The van der Waals surface area contributed by atoms with Crippen molar-refractivity contribution in [3.8, 4) is 0 Å². The Bertz CT molecular complexity index is 537. The maximum atomic E-state index is 11.8. The van der Waals surface area contributed by atoms with E-state index in [1.54, 1.807) is 24.3 Å². The lowest BCUT2D eigenvalue weighted by Crippen LogP contribution is -2.36. The van der Waals surface area contributed by atoms with Crippen molar-refractivity contribution >= 4 is 16.2 Å². The molecule has 19 heavy (non-hydrogen) atoms. The van der Waals surface area contributed by atoms with Gasteiger partial charge < -0.3 is 4.74 Å². The Morgan fingerprint density at radius 1 is 1.16 bits per heavy atom. The van der Waals surface area contributed by atoms with E-state index in [4.69, 9.17) is 0 Å². The normalized spacial score (nSPS) is 11.9. The molecule has 0 saturated heterocycles. The van der Waals surface area contributed by atoms with Crippen LogP contribution in [0.2, 0.25) is 0 Å². The number of hydrogen-bond acceptors (Lipinski definition) is 4. The van der Waals surface area contributed by atoms with Crippen molar-refractivity contribution in [2.45, 2.75) is 6.54 Å². The number of ether oxygens (including phenoxy) is 1. The van der Waals surface area contributed by atoms with Crippen LogP contribution in [-0.4, -0.2) is 51.3 Å². The molecule has 0 bridgehead atoms. The quantitative estimate of drug-likeness (QED) is 0.748. The number of nitrogens with zero attached hydrogens (tertiary/aromatic N) is 2. The molecule has 0 spiro atoms. The van der Waals surface area contributed by atoms with Crippen LogP contribution in [0.5, 0.6) is 0 Å². The topological polar surface area (TPSA) is 66.9 Å². The van der Waals surface area contributed by atoms with Gasteiger partial charge in [0.05, 0.1) is 12.7 Å². The smallest absolute Gasteiger partial charge is 0.337 e. The second kappa shape index (κ2) is 6.14. The molecule has 0 unspecified atom stereocenters. The van der Waals surface area contributed by atoms with Crippen LogP contribution >= 0.6 is 0 Å². The number of esters is 1. The number of carbonyl (C=O) groups is 1. The van der Waals surface area contributed by atoms with E-state index in [-0.39, 0.29) is 6.54 Å². The summed E-state index contributed by atoms with van der Waals surface area (Å²) >= 11 is 0. The molecule has 0 aliphatic rings. The number of benzene rings is 1. The first-order valence-corrected chi connectivity index (χ1v) is 6.99. The van der Waals surface area contributed by atoms with Gasteiger partial charge in [0.1, 0.15) is 0 Å². The van der Waals surface area contributed by atoms with Gasteiger partial charge >= 0.3 is 5.97 Å². The molecular weight excluding hydrogens is 268 g/mol. The van der Waals surface area contributed by atoms with Crippen molar-refractivity contribution in [1.29, 1.82) is 0 Å². The van der Waals surface area contributed by atoms with Crippen molar-refractivity contribution in [2.75, 3.05) is 28.3 Å². The third-order valence-electron chi connectivity index (χ3n) is 2.64. The van der Waals surface area contributed by atoms with E-state index in [1.807, 2.05) is 0 Å². The van der Waals surface area contributed by atoms with Crippen molar-refractivity contribution in [3.63, 3.8) is 0 Å². The third-order valence-corrected chi connectivity index (χ3v) is 4.48. The molecule has 0 saturated carbocycles. The number of methoxy groups -OCH3 is 1. The zero-order valence-electron chi connectivity index (χ0n) is 11.5. The highest BCUT2D eigenvalue weighted by molar-refractivity contribution is 7.86. The average Bonchev–Trinajstić information content (AvgIpc) is 2.38. The maximum absolute atomic E-state index is 11.8. The second-order valence-electron chi connectivity index (χ2n) is 4.23. The molecule has 106 valence electrons. The van der Waals surface area contributed by atoms with Crippen LogP contribution in [0, 0.1) is 0 Å². The SMILES string of the molecule is COC(=O)c1ccc(CN(C)S(=O)(=O)N(C)C)cc1. The van der Waals surface area contributed by atoms with Gasteiger partial charge in [0.2, 0.25) is 0 Å². The maximum Gasteiger partial charge on any atom is 0.337 e. The van der Waals surface area contributed by atoms with E-state index < -0.39 is 16.2 Å². The summed E-state index contributed by atoms with van der Waals surface area (Å²) in [6.07, 6.45) is 0. The molecule has 0 aliphatic carbocycles. The molecule has 0 atom stereocenters. The summed E-state index contributed by atoms with van der Waals surface area (Å²) < 4.78 is 30.6. The van der Waals surface area contributed by atoms with Crippen LogP contribution in [0.25, 0.3) is 0 Å². The summed E-state index contributed by atoms with van der Waals surface area (Å²) in [5.74, 6) is -0.416. The van der Waals surface area contributed by atoms with Crippen LogP contribution in [0.1, 0.15) is 15.9 Å².